The topological polar surface area (TPSA) is 25.3 Å². The molecule has 2 aromatic carbocycles. The molecule has 0 atom stereocenters. The first-order chi connectivity index (χ1) is 26.2. The number of unbranched alkanes of at least 4 members (excludes halogenated alkanes) is 21. The van der Waals surface area contributed by atoms with Gasteiger partial charge in [0.25, 0.3) is 0 Å². The Bertz CT molecular complexity index is 1290. The Labute approximate surface area is 346 Å². The second-order valence-corrected chi connectivity index (χ2v) is 14.9. The minimum atomic E-state index is 0. The molecule has 0 radical (unpaired) electrons. The van der Waals surface area contributed by atoms with Crippen LogP contribution < -0.4 is 0 Å². The van der Waals surface area contributed by atoms with E-state index in [4.69, 9.17) is 0 Å². The van der Waals surface area contributed by atoms with Gasteiger partial charge in [0.2, 0.25) is 11.4 Å². The first kappa shape index (κ1) is 51.8. The Balaban J connectivity index is 0.00000543. The minimum absolute atomic E-state index is 0. The van der Waals surface area contributed by atoms with Crippen LogP contribution in [0.2, 0.25) is 0 Å². The fraction of sp³-hybridized carbons (Fsp3) is 0.608. The number of aryl methyl sites for hydroxylation is 2. The number of hydrogen-bond donors (Lipinski definition) is 0. The molecule has 0 aliphatic carbocycles. The Morgan fingerprint density at radius 3 is 1.57 bits per heavy atom. The van der Waals surface area contributed by atoms with E-state index in [9.17, 15) is 5.53 Å². The van der Waals surface area contributed by atoms with Gasteiger partial charge in [0.05, 0.1) is 0 Å². The quantitative estimate of drug-likeness (QED) is 0.0258. The van der Waals surface area contributed by atoms with Crippen molar-refractivity contribution < 1.29 is 21.2 Å². The maximum absolute atomic E-state index is 11.4. The number of allylic oxidation sites excluding steroid dienone is 4. The normalized spacial score (nSPS) is 12.3. The summed E-state index contributed by atoms with van der Waals surface area (Å²) in [5, 5.41) is 0. The molecule has 0 saturated carbocycles. The van der Waals surface area contributed by atoms with Crippen LogP contribution in [0, 0.1) is 13.8 Å². The molecule has 3 heteroatoms. The fourth-order valence-electron chi connectivity index (χ4n) is 7.38. The third-order valence-electron chi connectivity index (χ3n) is 10.4. The SMILES string of the molecule is CCCCCCCCCCCCCCCCCCCCCC=CCCCc1ccccc1C1=C(C)C=C(c2cccc(CCCC)c2)[N+]1=[N-].[CH2-]C.[CH2-]C.[Ni+2]. The van der Waals surface area contributed by atoms with Crippen molar-refractivity contribution in [2.45, 2.75) is 202 Å². The Hall–Kier alpha value is -2.25. The molecule has 1 aliphatic rings. The molecule has 0 fully saturated rings. The molecule has 0 N–H and O–H groups in total. The Morgan fingerprint density at radius 1 is 0.556 bits per heavy atom. The van der Waals surface area contributed by atoms with Crippen molar-refractivity contribution in [3.05, 3.63) is 114 Å². The van der Waals surface area contributed by atoms with Gasteiger partial charge in [0.15, 0.2) is 0 Å². The summed E-state index contributed by atoms with van der Waals surface area (Å²) in [6, 6.07) is 17.3. The van der Waals surface area contributed by atoms with E-state index in [1.54, 1.807) is 13.8 Å². The molecular formula is C51H82N2Ni. The Morgan fingerprint density at radius 2 is 1.04 bits per heavy atom. The standard InChI is InChI=1S/C47H72N2.2C2H5.Ni/c1-4-6-8-9-10-11-12-13-14-15-16-17-18-19-20-21-22-23-24-25-26-27-28-29-35-43-36-30-31-38-45(43)47-41(3)39-46(49(47)48)44-37-32-34-42(40-44)33-7-5-2;2*1-2;/h26-27,30-32,34,36-40H,4-25,28-29,33,35H2,1-3H3;2*1H2,2H3;/q;2*-1;+2. The predicted octanol–water partition coefficient (Wildman–Crippen LogP) is 17.2. The van der Waals surface area contributed by atoms with E-state index in [0.29, 0.717) is 0 Å². The summed E-state index contributed by atoms with van der Waals surface area (Å²) in [4.78, 5) is 0. The molecule has 0 saturated heterocycles. The van der Waals surface area contributed by atoms with E-state index in [0.717, 1.165) is 53.8 Å². The van der Waals surface area contributed by atoms with Crippen LogP contribution in [0.1, 0.15) is 211 Å². The first-order valence-corrected chi connectivity index (χ1v) is 22.3. The largest absolute Gasteiger partial charge is 2.00 e. The molecular weight excluding hydrogens is 699 g/mol. The first-order valence-electron chi connectivity index (χ1n) is 22.3. The smallest absolute Gasteiger partial charge is 0.493 e. The zero-order chi connectivity index (χ0) is 38.8. The number of hydrogen-bond acceptors (Lipinski definition) is 0. The van der Waals surface area contributed by atoms with Gasteiger partial charge in [-0.1, -0.05) is 178 Å². The van der Waals surface area contributed by atoms with E-state index in [1.807, 2.05) is 0 Å². The molecule has 2 aromatic rings. The zero-order valence-electron chi connectivity index (χ0n) is 35.9. The molecule has 1 heterocycles. The monoisotopic (exact) mass is 781 g/mol. The van der Waals surface area contributed by atoms with Crippen molar-refractivity contribution in [1.82, 2.24) is 0 Å². The van der Waals surface area contributed by atoms with Gasteiger partial charge in [-0.2, -0.15) is 13.8 Å². The third-order valence-corrected chi connectivity index (χ3v) is 10.4. The maximum Gasteiger partial charge on any atom is 2.00 e. The predicted molar refractivity (Wildman–Crippen MR) is 238 cm³/mol. The molecule has 0 unspecified atom stereocenters. The van der Waals surface area contributed by atoms with Gasteiger partial charge in [0.1, 0.15) is 0 Å². The molecule has 54 heavy (non-hydrogen) atoms. The maximum atomic E-state index is 11.4. The van der Waals surface area contributed by atoms with Gasteiger partial charge in [-0.25, -0.2) is 4.70 Å². The number of nitrogens with zero attached hydrogens (tertiary/aromatic N) is 2. The van der Waals surface area contributed by atoms with Crippen LogP contribution in [-0.4, -0.2) is 4.70 Å². The van der Waals surface area contributed by atoms with Crippen LogP contribution in [0.3, 0.4) is 0 Å². The van der Waals surface area contributed by atoms with E-state index < -0.39 is 0 Å². The number of benzene rings is 2. The summed E-state index contributed by atoms with van der Waals surface area (Å²) >= 11 is 0. The van der Waals surface area contributed by atoms with E-state index >= 15 is 0 Å². The van der Waals surface area contributed by atoms with Crippen LogP contribution in [0.15, 0.2) is 72.3 Å². The summed E-state index contributed by atoms with van der Waals surface area (Å²) in [6.45, 7) is 16.7. The van der Waals surface area contributed by atoms with Gasteiger partial charge in [-0.05, 0) is 81.2 Å². The van der Waals surface area contributed by atoms with Crippen LogP contribution in [0.4, 0.5) is 0 Å². The van der Waals surface area contributed by atoms with E-state index in [2.05, 4.69) is 101 Å². The molecule has 0 amide bonds. The van der Waals surface area contributed by atoms with Crippen molar-refractivity contribution in [3.63, 3.8) is 0 Å². The van der Waals surface area contributed by atoms with Crippen molar-refractivity contribution >= 4 is 11.4 Å². The van der Waals surface area contributed by atoms with Crippen LogP contribution in [-0.2, 0) is 29.3 Å². The second kappa shape index (κ2) is 36.4. The molecule has 306 valence electrons. The van der Waals surface area contributed by atoms with Gasteiger partial charge in [0, 0.05) is 22.8 Å². The van der Waals surface area contributed by atoms with Crippen LogP contribution in [0.5, 0.6) is 0 Å². The molecule has 0 aromatic heterocycles. The summed E-state index contributed by atoms with van der Waals surface area (Å²) < 4.78 is 1.42. The van der Waals surface area contributed by atoms with E-state index in [1.165, 1.54) is 157 Å². The second-order valence-electron chi connectivity index (χ2n) is 14.9. The van der Waals surface area contributed by atoms with Crippen molar-refractivity contribution in [2.75, 3.05) is 0 Å². The molecule has 0 spiro atoms. The van der Waals surface area contributed by atoms with Crippen LogP contribution >= 0.6 is 0 Å². The van der Waals surface area contributed by atoms with Gasteiger partial charge in [-0.3, -0.25) is 0 Å². The summed E-state index contributed by atoms with van der Waals surface area (Å²) in [7, 11) is 0. The minimum Gasteiger partial charge on any atom is -0.493 e. The molecule has 0 bridgehead atoms. The van der Waals surface area contributed by atoms with Gasteiger partial charge in [-0.15, -0.1) is 0 Å². The van der Waals surface area contributed by atoms with Crippen molar-refractivity contribution in [2.24, 2.45) is 0 Å². The summed E-state index contributed by atoms with van der Waals surface area (Å²) in [5.74, 6) is 0. The molecule has 2 nitrogen and oxygen atoms in total. The van der Waals surface area contributed by atoms with Crippen molar-refractivity contribution in [3.8, 4) is 0 Å². The average Bonchev–Trinajstić information content (AvgIpc) is 3.50. The molecule has 3 rings (SSSR count). The Kier molecular flexibility index (Phi) is 34.9. The van der Waals surface area contributed by atoms with Crippen LogP contribution in [0.25, 0.3) is 16.9 Å². The summed E-state index contributed by atoms with van der Waals surface area (Å²) in [6.07, 6.45) is 42.1. The number of rotatable bonds is 29. The van der Waals surface area contributed by atoms with Gasteiger partial charge >= 0.3 is 16.5 Å². The zero-order valence-corrected chi connectivity index (χ0v) is 36.8. The summed E-state index contributed by atoms with van der Waals surface area (Å²) in [5.41, 5.74) is 19.2. The van der Waals surface area contributed by atoms with Gasteiger partial charge < -0.3 is 19.4 Å². The third kappa shape index (κ3) is 22.3. The molecule has 1 aliphatic heterocycles. The van der Waals surface area contributed by atoms with Crippen molar-refractivity contribution in [1.29, 1.82) is 0 Å². The van der Waals surface area contributed by atoms with E-state index in [-0.39, 0.29) is 16.5 Å². The fourth-order valence-corrected chi connectivity index (χ4v) is 7.38. The average molecular weight is 782 g/mol.